The Morgan fingerprint density at radius 3 is 2.58 bits per heavy atom. The predicted molar refractivity (Wildman–Crippen MR) is 145 cm³/mol. The molecule has 0 aliphatic heterocycles. The fourth-order valence-corrected chi connectivity index (χ4v) is 5.07. The zero-order valence-corrected chi connectivity index (χ0v) is 20.6. The van der Waals surface area contributed by atoms with Crippen LogP contribution in [0.2, 0.25) is 5.02 Å². The van der Waals surface area contributed by atoms with Crippen LogP contribution in [0.25, 0.3) is 32.1 Å². The largest absolute Gasteiger partial charge is 0.451 e. The lowest BCUT2D eigenvalue weighted by Gasteiger charge is -2.10. The van der Waals surface area contributed by atoms with E-state index in [9.17, 15) is 14.9 Å². The number of aromatic nitrogens is 1. The first-order valence-corrected chi connectivity index (χ1v) is 12.1. The molecule has 2 heterocycles. The van der Waals surface area contributed by atoms with Crippen molar-refractivity contribution >= 4 is 67.8 Å². The van der Waals surface area contributed by atoms with Gasteiger partial charge in [0.05, 0.1) is 25.7 Å². The van der Waals surface area contributed by atoms with Crippen LogP contribution < -0.4 is 10.6 Å². The molecule has 0 atom stereocenters. The molecular formula is C25H15ClN4O4S2. The van der Waals surface area contributed by atoms with Crippen LogP contribution in [0, 0.1) is 10.1 Å². The first kappa shape index (κ1) is 23.6. The first-order valence-electron chi connectivity index (χ1n) is 10.5. The number of nitro benzene ring substituents is 1. The summed E-state index contributed by atoms with van der Waals surface area (Å²) in [6, 6.07) is 22.2. The van der Waals surface area contributed by atoms with Crippen LogP contribution in [-0.4, -0.2) is 20.9 Å². The second kappa shape index (κ2) is 9.86. The van der Waals surface area contributed by atoms with Crippen LogP contribution in [0.3, 0.4) is 0 Å². The molecule has 0 aliphatic rings. The molecule has 0 saturated heterocycles. The molecule has 3 aromatic carbocycles. The number of nitrogens with one attached hydrogen (secondary N) is 2. The van der Waals surface area contributed by atoms with Gasteiger partial charge >= 0.3 is 0 Å². The van der Waals surface area contributed by atoms with Crippen molar-refractivity contribution in [3.63, 3.8) is 0 Å². The molecule has 2 N–H and O–H groups in total. The highest BCUT2D eigenvalue weighted by molar-refractivity contribution is 7.80. The molecular weight excluding hydrogens is 520 g/mol. The standard InChI is InChI=1S/C25H15ClN4O4S2/c26-17-13-14(9-10-15(17)24-28-18-6-2-4-8-22(18)36-24)27-25(35)29-23(31)21-12-11-20(34-21)16-5-1-3-7-19(16)30(32)33/h1-13H,(H2,27,29,31,35). The molecule has 0 radical (unpaired) electrons. The Morgan fingerprint density at radius 2 is 1.81 bits per heavy atom. The van der Waals surface area contributed by atoms with Crippen molar-refractivity contribution in [1.29, 1.82) is 0 Å². The topological polar surface area (TPSA) is 110 Å². The maximum Gasteiger partial charge on any atom is 0.293 e. The van der Waals surface area contributed by atoms with E-state index in [0.29, 0.717) is 10.7 Å². The Balaban J connectivity index is 1.27. The molecule has 5 rings (SSSR count). The van der Waals surface area contributed by atoms with Gasteiger partial charge in [-0.05, 0) is 60.7 Å². The summed E-state index contributed by atoms with van der Waals surface area (Å²) in [5, 5.41) is 18.0. The van der Waals surface area contributed by atoms with Gasteiger partial charge in [-0.1, -0.05) is 35.9 Å². The minimum absolute atomic E-state index is 0.0347. The number of thiocarbonyl (C=S) groups is 1. The van der Waals surface area contributed by atoms with Crippen molar-refractivity contribution < 1.29 is 14.1 Å². The second-order valence-corrected chi connectivity index (χ2v) is 9.37. The Morgan fingerprint density at radius 1 is 1.03 bits per heavy atom. The number of fused-ring (bicyclic) bond motifs is 1. The van der Waals surface area contributed by atoms with Crippen LogP contribution in [0.1, 0.15) is 10.6 Å². The highest BCUT2D eigenvalue weighted by Gasteiger charge is 2.20. The van der Waals surface area contributed by atoms with Gasteiger partial charge in [-0.25, -0.2) is 4.98 Å². The molecule has 0 aliphatic carbocycles. The van der Waals surface area contributed by atoms with E-state index < -0.39 is 10.8 Å². The Hall–Kier alpha value is -4.12. The van der Waals surface area contributed by atoms with E-state index in [-0.39, 0.29) is 27.9 Å². The summed E-state index contributed by atoms with van der Waals surface area (Å²) in [7, 11) is 0. The summed E-state index contributed by atoms with van der Waals surface area (Å²) in [5.41, 5.74) is 2.42. The monoisotopic (exact) mass is 534 g/mol. The van der Waals surface area contributed by atoms with Crippen LogP contribution in [0.5, 0.6) is 0 Å². The molecule has 178 valence electrons. The smallest absolute Gasteiger partial charge is 0.293 e. The van der Waals surface area contributed by atoms with Gasteiger partial charge < -0.3 is 9.73 Å². The van der Waals surface area contributed by atoms with Crippen molar-refractivity contribution in [3.05, 3.63) is 99.8 Å². The third kappa shape index (κ3) is 4.82. The van der Waals surface area contributed by atoms with Crippen LogP contribution in [0.15, 0.2) is 83.3 Å². The fraction of sp³-hybridized carbons (Fsp3) is 0. The average molecular weight is 535 g/mol. The van der Waals surface area contributed by atoms with E-state index in [4.69, 9.17) is 28.2 Å². The van der Waals surface area contributed by atoms with Gasteiger partial charge in [0, 0.05) is 17.3 Å². The number of para-hydroxylation sites is 2. The van der Waals surface area contributed by atoms with Crippen LogP contribution >= 0.6 is 35.2 Å². The SMILES string of the molecule is O=C(NC(=S)Nc1ccc(-c2nc3ccccc3s2)c(Cl)c1)c1ccc(-c2ccccc2[N+](=O)[O-])o1. The second-order valence-electron chi connectivity index (χ2n) is 7.53. The molecule has 0 unspecified atom stereocenters. The molecule has 0 fully saturated rings. The molecule has 11 heteroatoms. The number of rotatable bonds is 5. The van der Waals surface area contributed by atoms with Crippen molar-refractivity contribution in [2.24, 2.45) is 0 Å². The molecule has 0 saturated carbocycles. The molecule has 5 aromatic rings. The van der Waals surface area contributed by atoms with E-state index in [0.717, 1.165) is 20.8 Å². The van der Waals surface area contributed by atoms with Gasteiger partial charge in [-0.15, -0.1) is 11.3 Å². The summed E-state index contributed by atoms with van der Waals surface area (Å²) in [6.07, 6.45) is 0. The van der Waals surface area contributed by atoms with E-state index >= 15 is 0 Å². The van der Waals surface area contributed by atoms with E-state index in [1.54, 1.807) is 41.7 Å². The van der Waals surface area contributed by atoms with Crippen LogP contribution in [-0.2, 0) is 0 Å². The normalized spacial score (nSPS) is 10.8. The minimum atomic E-state index is -0.602. The molecule has 0 spiro atoms. The quantitative estimate of drug-likeness (QED) is 0.143. The summed E-state index contributed by atoms with van der Waals surface area (Å²) in [5.74, 6) is -0.449. The summed E-state index contributed by atoms with van der Waals surface area (Å²) < 4.78 is 6.62. The molecule has 1 amide bonds. The summed E-state index contributed by atoms with van der Waals surface area (Å²) >= 11 is 13.3. The number of nitro groups is 1. The number of furan rings is 1. The number of halogens is 1. The first-order chi connectivity index (χ1) is 17.4. The zero-order chi connectivity index (χ0) is 25.2. The average Bonchev–Trinajstić information content (AvgIpc) is 3.51. The maximum absolute atomic E-state index is 12.6. The van der Waals surface area contributed by atoms with Gasteiger partial charge in [0.2, 0.25) is 0 Å². The van der Waals surface area contributed by atoms with Gasteiger partial charge in [0.25, 0.3) is 11.6 Å². The molecule has 36 heavy (non-hydrogen) atoms. The number of amides is 1. The lowest BCUT2D eigenvalue weighted by molar-refractivity contribution is -0.384. The summed E-state index contributed by atoms with van der Waals surface area (Å²) in [4.78, 5) is 28.0. The molecule has 0 bridgehead atoms. The van der Waals surface area contributed by atoms with Gasteiger partial charge in [0.15, 0.2) is 10.9 Å². The van der Waals surface area contributed by atoms with Crippen molar-refractivity contribution in [2.75, 3.05) is 5.32 Å². The summed E-state index contributed by atoms with van der Waals surface area (Å²) in [6.45, 7) is 0. The Bertz CT molecular complexity index is 1610. The Kier molecular flexibility index (Phi) is 6.47. The lowest BCUT2D eigenvalue weighted by Crippen LogP contribution is -2.33. The van der Waals surface area contributed by atoms with Gasteiger partial charge in [0.1, 0.15) is 10.8 Å². The van der Waals surface area contributed by atoms with Gasteiger partial charge in [-0.3, -0.25) is 20.2 Å². The molecule has 8 nitrogen and oxygen atoms in total. The van der Waals surface area contributed by atoms with E-state index in [1.165, 1.54) is 18.2 Å². The number of anilines is 1. The number of carbonyl (C=O) groups is 1. The fourth-order valence-electron chi connectivity index (χ4n) is 3.53. The lowest BCUT2D eigenvalue weighted by atomic mass is 10.1. The number of nitrogens with zero attached hydrogens (tertiary/aromatic N) is 2. The maximum atomic E-state index is 12.6. The third-order valence-corrected chi connectivity index (χ3v) is 6.76. The predicted octanol–water partition coefficient (Wildman–Crippen LogP) is 6.91. The third-order valence-electron chi connectivity index (χ3n) is 5.17. The van der Waals surface area contributed by atoms with Crippen LogP contribution in [0.4, 0.5) is 11.4 Å². The van der Waals surface area contributed by atoms with Crippen molar-refractivity contribution in [1.82, 2.24) is 10.3 Å². The highest BCUT2D eigenvalue weighted by atomic mass is 35.5. The number of hydrogen-bond acceptors (Lipinski definition) is 7. The number of carbonyl (C=O) groups excluding carboxylic acids is 1. The number of hydrogen-bond donors (Lipinski definition) is 2. The number of thiazole rings is 1. The molecule has 2 aromatic heterocycles. The van der Waals surface area contributed by atoms with Crippen molar-refractivity contribution in [3.8, 4) is 21.9 Å². The van der Waals surface area contributed by atoms with Gasteiger partial charge in [-0.2, -0.15) is 0 Å². The Labute approximate surface area is 218 Å². The van der Waals surface area contributed by atoms with E-state index in [2.05, 4.69) is 15.6 Å². The van der Waals surface area contributed by atoms with Crippen molar-refractivity contribution in [2.45, 2.75) is 0 Å². The number of benzene rings is 3. The van der Waals surface area contributed by atoms with E-state index in [1.807, 2.05) is 30.3 Å². The zero-order valence-electron chi connectivity index (χ0n) is 18.2. The highest BCUT2D eigenvalue weighted by Crippen LogP contribution is 2.35. The minimum Gasteiger partial charge on any atom is -0.451 e.